The fourth-order valence-corrected chi connectivity index (χ4v) is 2.67. The summed E-state index contributed by atoms with van der Waals surface area (Å²) in [7, 11) is 1.61. The summed E-state index contributed by atoms with van der Waals surface area (Å²) in [6.07, 6.45) is 3.51. The van der Waals surface area contributed by atoms with Gasteiger partial charge in [-0.2, -0.15) is 0 Å². The van der Waals surface area contributed by atoms with Crippen LogP contribution >= 0.6 is 0 Å². The summed E-state index contributed by atoms with van der Waals surface area (Å²) in [6, 6.07) is 0. The number of anilines is 1. The summed E-state index contributed by atoms with van der Waals surface area (Å²) in [6.45, 7) is 5.08. The van der Waals surface area contributed by atoms with Crippen molar-refractivity contribution in [2.24, 2.45) is 0 Å². The zero-order valence-electron chi connectivity index (χ0n) is 11.4. The Morgan fingerprint density at radius 1 is 1.26 bits per heavy atom. The molecule has 2 fully saturated rings. The lowest BCUT2D eigenvalue weighted by atomic mass is 10.0. The van der Waals surface area contributed by atoms with Gasteiger partial charge in [-0.3, -0.25) is 0 Å². The number of ether oxygens (including phenoxy) is 3. The molecule has 0 unspecified atom stereocenters. The number of hydrogen-bond donors (Lipinski definition) is 0. The van der Waals surface area contributed by atoms with Crippen molar-refractivity contribution < 1.29 is 14.2 Å². The van der Waals surface area contributed by atoms with Crippen LogP contribution in [0.2, 0.25) is 0 Å². The topological polar surface area (TPSA) is 56.7 Å². The van der Waals surface area contributed by atoms with Gasteiger partial charge < -0.3 is 19.1 Å². The molecule has 0 saturated carbocycles. The molecule has 0 aromatic carbocycles. The first-order valence-corrected chi connectivity index (χ1v) is 6.63. The summed E-state index contributed by atoms with van der Waals surface area (Å²) in [4.78, 5) is 11.0. The Hall–Kier alpha value is -1.40. The quantitative estimate of drug-likeness (QED) is 0.799. The molecule has 19 heavy (non-hydrogen) atoms. The lowest BCUT2D eigenvalue weighted by Gasteiger charge is -2.38. The van der Waals surface area contributed by atoms with Crippen LogP contribution in [0.3, 0.4) is 0 Å². The van der Waals surface area contributed by atoms with Gasteiger partial charge in [0.2, 0.25) is 5.88 Å². The maximum atomic E-state index is 5.72. The Labute approximate surface area is 112 Å². The minimum absolute atomic E-state index is 0.342. The standard InChI is InChI=1S/C13H19N3O3/c1-10-12(17-2)14-9-11(15-10)16-5-3-13(4-6-16)18-7-8-19-13/h9H,3-8H2,1-2H3. The van der Waals surface area contributed by atoms with Crippen LogP contribution in [0.5, 0.6) is 5.88 Å². The lowest BCUT2D eigenvalue weighted by molar-refractivity contribution is -0.169. The Morgan fingerprint density at radius 2 is 1.95 bits per heavy atom. The molecule has 0 amide bonds. The average Bonchev–Trinajstić information content (AvgIpc) is 2.88. The summed E-state index contributed by atoms with van der Waals surface area (Å²) >= 11 is 0. The van der Waals surface area contributed by atoms with Gasteiger partial charge in [0.15, 0.2) is 5.79 Å². The molecule has 0 N–H and O–H groups in total. The zero-order chi connectivity index (χ0) is 13.3. The van der Waals surface area contributed by atoms with Crippen LogP contribution in [0, 0.1) is 6.92 Å². The van der Waals surface area contributed by atoms with E-state index < -0.39 is 0 Å². The molecule has 2 aliphatic rings. The number of piperidine rings is 1. The van der Waals surface area contributed by atoms with Gasteiger partial charge in [-0.05, 0) is 6.92 Å². The van der Waals surface area contributed by atoms with Gasteiger partial charge in [0, 0.05) is 25.9 Å². The zero-order valence-corrected chi connectivity index (χ0v) is 11.4. The monoisotopic (exact) mass is 265 g/mol. The third-order valence-corrected chi connectivity index (χ3v) is 3.75. The van der Waals surface area contributed by atoms with Crippen molar-refractivity contribution in [3.8, 4) is 5.88 Å². The highest BCUT2D eigenvalue weighted by atomic mass is 16.7. The van der Waals surface area contributed by atoms with Crippen molar-refractivity contribution in [2.75, 3.05) is 38.3 Å². The van der Waals surface area contributed by atoms with Crippen molar-refractivity contribution in [2.45, 2.75) is 25.6 Å². The summed E-state index contributed by atoms with van der Waals surface area (Å²) in [5.41, 5.74) is 0.814. The highest BCUT2D eigenvalue weighted by Gasteiger charge is 2.40. The van der Waals surface area contributed by atoms with E-state index in [1.54, 1.807) is 13.3 Å². The van der Waals surface area contributed by atoms with Crippen LogP contribution in [0.4, 0.5) is 5.82 Å². The van der Waals surface area contributed by atoms with Gasteiger partial charge in [0.05, 0.1) is 26.5 Å². The third-order valence-electron chi connectivity index (χ3n) is 3.75. The van der Waals surface area contributed by atoms with Crippen LogP contribution in [-0.2, 0) is 9.47 Å². The van der Waals surface area contributed by atoms with E-state index in [1.807, 2.05) is 6.92 Å². The predicted octanol–water partition coefficient (Wildman–Crippen LogP) is 1.14. The number of methoxy groups -OCH3 is 1. The van der Waals surface area contributed by atoms with Crippen LogP contribution < -0.4 is 9.64 Å². The molecule has 1 aromatic rings. The van der Waals surface area contributed by atoms with E-state index in [-0.39, 0.29) is 5.79 Å². The largest absolute Gasteiger partial charge is 0.480 e. The molecule has 0 aliphatic carbocycles. The van der Waals surface area contributed by atoms with E-state index in [2.05, 4.69) is 14.9 Å². The molecule has 1 aromatic heterocycles. The van der Waals surface area contributed by atoms with Crippen molar-refractivity contribution in [1.82, 2.24) is 9.97 Å². The maximum Gasteiger partial charge on any atom is 0.235 e. The molecule has 0 bridgehead atoms. The summed E-state index contributed by atoms with van der Waals surface area (Å²) in [5, 5.41) is 0. The molecule has 0 atom stereocenters. The second-order valence-electron chi connectivity index (χ2n) is 4.92. The summed E-state index contributed by atoms with van der Waals surface area (Å²) < 4.78 is 16.6. The van der Waals surface area contributed by atoms with E-state index in [4.69, 9.17) is 14.2 Å². The Bertz CT molecular complexity index is 450. The first-order valence-electron chi connectivity index (χ1n) is 6.63. The minimum atomic E-state index is -0.342. The Morgan fingerprint density at radius 3 is 2.53 bits per heavy atom. The third kappa shape index (κ3) is 2.37. The average molecular weight is 265 g/mol. The van der Waals surface area contributed by atoms with E-state index in [0.29, 0.717) is 19.1 Å². The molecule has 104 valence electrons. The van der Waals surface area contributed by atoms with Crippen LogP contribution in [0.25, 0.3) is 0 Å². The van der Waals surface area contributed by atoms with E-state index in [1.165, 1.54) is 0 Å². The number of aromatic nitrogens is 2. The van der Waals surface area contributed by atoms with Gasteiger partial charge in [-0.15, -0.1) is 0 Å². The first kappa shape index (κ1) is 12.6. The lowest BCUT2D eigenvalue weighted by Crippen LogP contribution is -2.45. The second-order valence-corrected chi connectivity index (χ2v) is 4.92. The fourth-order valence-electron chi connectivity index (χ4n) is 2.67. The van der Waals surface area contributed by atoms with Crippen LogP contribution in [0.15, 0.2) is 6.20 Å². The number of nitrogens with zero attached hydrogens (tertiary/aromatic N) is 3. The molecule has 1 spiro atoms. The van der Waals surface area contributed by atoms with Crippen molar-refractivity contribution >= 4 is 5.82 Å². The molecule has 0 radical (unpaired) electrons. The highest BCUT2D eigenvalue weighted by Crippen LogP contribution is 2.32. The molecule has 3 heterocycles. The predicted molar refractivity (Wildman–Crippen MR) is 69.4 cm³/mol. The van der Waals surface area contributed by atoms with Gasteiger partial charge in [0.25, 0.3) is 0 Å². The molecule has 3 rings (SSSR count). The molecule has 6 nitrogen and oxygen atoms in total. The number of hydrogen-bond acceptors (Lipinski definition) is 6. The van der Waals surface area contributed by atoms with Crippen molar-refractivity contribution in [3.63, 3.8) is 0 Å². The van der Waals surface area contributed by atoms with E-state index in [9.17, 15) is 0 Å². The van der Waals surface area contributed by atoms with Crippen molar-refractivity contribution in [1.29, 1.82) is 0 Å². The van der Waals surface area contributed by atoms with Gasteiger partial charge in [0.1, 0.15) is 11.5 Å². The second kappa shape index (κ2) is 4.94. The summed E-state index contributed by atoms with van der Waals surface area (Å²) in [5.74, 6) is 1.14. The fraction of sp³-hybridized carbons (Fsp3) is 0.692. The molecule has 6 heteroatoms. The molecular formula is C13H19N3O3. The Kier molecular flexibility index (Phi) is 3.28. The number of aryl methyl sites for hydroxylation is 1. The van der Waals surface area contributed by atoms with E-state index >= 15 is 0 Å². The smallest absolute Gasteiger partial charge is 0.235 e. The van der Waals surface area contributed by atoms with Gasteiger partial charge >= 0.3 is 0 Å². The molecular weight excluding hydrogens is 246 g/mol. The van der Waals surface area contributed by atoms with Crippen LogP contribution in [0.1, 0.15) is 18.5 Å². The molecule has 2 aliphatic heterocycles. The molecule has 2 saturated heterocycles. The first-order chi connectivity index (χ1) is 9.22. The number of rotatable bonds is 2. The van der Waals surface area contributed by atoms with E-state index in [0.717, 1.165) is 37.4 Å². The Balaban J connectivity index is 1.69. The van der Waals surface area contributed by atoms with Crippen LogP contribution in [-0.4, -0.2) is 49.2 Å². The normalized spacial score (nSPS) is 21.9. The minimum Gasteiger partial charge on any atom is -0.480 e. The maximum absolute atomic E-state index is 5.72. The SMILES string of the molecule is COc1ncc(N2CCC3(CC2)OCCO3)nc1C. The van der Waals surface area contributed by atoms with Gasteiger partial charge in [-0.25, -0.2) is 9.97 Å². The van der Waals surface area contributed by atoms with Gasteiger partial charge in [-0.1, -0.05) is 0 Å². The van der Waals surface area contributed by atoms with Crippen molar-refractivity contribution in [3.05, 3.63) is 11.9 Å². The highest BCUT2D eigenvalue weighted by molar-refractivity contribution is 5.39.